The Balaban J connectivity index is 1.78. The summed E-state index contributed by atoms with van der Waals surface area (Å²) in [4.78, 5) is 6.25. The fraction of sp³-hybridized carbons (Fsp3) is 0.538. The number of hydrogen-bond acceptors (Lipinski definition) is 5. The van der Waals surface area contributed by atoms with Crippen LogP contribution in [-0.2, 0) is 13.1 Å². The number of anilines is 1. The van der Waals surface area contributed by atoms with Crippen LogP contribution in [0.2, 0.25) is 0 Å². The summed E-state index contributed by atoms with van der Waals surface area (Å²) in [6.07, 6.45) is 6.99. The molecule has 2 aromatic rings. The minimum atomic E-state index is 0.627. The van der Waals surface area contributed by atoms with Gasteiger partial charge in [-0.25, -0.2) is 4.98 Å². The Kier molecular flexibility index (Phi) is 4.97. The first-order valence-corrected chi connectivity index (χ1v) is 6.67. The third kappa shape index (κ3) is 4.10. The molecule has 0 aliphatic rings. The van der Waals surface area contributed by atoms with Gasteiger partial charge in [0, 0.05) is 12.7 Å². The van der Waals surface area contributed by atoms with Crippen LogP contribution in [0.5, 0.6) is 0 Å². The molecule has 0 fully saturated rings. The summed E-state index contributed by atoms with van der Waals surface area (Å²) in [5.41, 5.74) is 0.996. The van der Waals surface area contributed by atoms with Crippen LogP contribution in [0.1, 0.15) is 19.6 Å². The highest BCUT2D eigenvalue weighted by Gasteiger charge is 2.02. The van der Waals surface area contributed by atoms with Gasteiger partial charge in [0.2, 0.25) is 0 Å². The molecule has 0 aliphatic heterocycles. The van der Waals surface area contributed by atoms with Crippen molar-refractivity contribution in [3.8, 4) is 0 Å². The van der Waals surface area contributed by atoms with Crippen molar-refractivity contribution in [1.29, 1.82) is 0 Å². The van der Waals surface area contributed by atoms with Crippen LogP contribution in [0.25, 0.3) is 0 Å². The molecule has 0 atom stereocenters. The second-order valence-electron chi connectivity index (χ2n) is 4.34. The largest absolute Gasteiger partial charge is 0.447 e. The summed E-state index contributed by atoms with van der Waals surface area (Å²) < 4.78 is 7.12. The molecule has 19 heavy (non-hydrogen) atoms. The van der Waals surface area contributed by atoms with Crippen molar-refractivity contribution in [2.45, 2.75) is 26.9 Å². The lowest BCUT2D eigenvalue weighted by molar-refractivity contribution is 0.285. The van der Waals surface area contributed by atoms with E-state index >= 15 is 0 Å². The Morgan fingerprint density at radius 1 is 1.32 bits per heavy atom. The maximum absolute atomic E-state index is 5.16. The molecule has 0 saturated carbocycles. The Morgan fingerprint density at radius 2 is 2.16 bits per heavy atom. The van der Waals surface area contributed by atoms with E-state index < -0.39 is 0 Å². The number of hydrogen-bond donors (Lipinski definition) is 1. The first kappa shape index (κ1) is 13.6. The highest BCUT2D eigenvalue weighted by molar-refractivity contribution is 5.38. The molecule has 2 heterocycles. The molecule has 104 valence electrons. The van der Waals surface area contributed by atoms with Gasteiger partial charge in [0.15, 0.2) is 6.39 Å². The minimum Gasteiger partial charge on any atom is -0.447 e. The lowest BCUT2D eigenvalue weighted by Crippen LogP contribution is -2.27. The Bertz CT molecular complexity index is 461. The van der Waals surface area contributed by atoms with E-state index in [1.165, 1.54) is 6.39 Å². The van der Waals surface area contributed by atoms with Crippen LogP contribution >= 0.6 is 0 Å². The smallest absolute Gasteiger partial charge is 0.180 e. The number of oxazole rings is 1. The molecule has 0 bridgehead atoms. The summed E-state index contributed by atoms with van der Waals surface area (Å²) >= 11 is 0. The number of aromatic nitrogens is 3. The van der Waals surface area contributed by atoms with Crippen molar-refractivity contribution in [2.24, 2.45) is 0 Å². The highest BCUT2D eigenvalue weighted by atomic mass is 16.3. The molecule has 0 spiro atoms. The van der Waals surface area contributed by atoms with Crippen molar-refractivity contribution >= 4 is 5.69 Å². The molecule has 0 amide bonds. The zero-order valence-electron chi connectivity index (χ0n) is 11.5. The van der Waals surface area contributed by atoms with Crippen LogP contribution in [-0.4, -0.2) is 39.3 Å². The molecule has 2 aromatic heterocycles. The lowest BCUT2D eigenvalue weighted by atomic mass is 10.4. The van der Waals surface area contributed by atoms with E-state index in [-0.39, 0.29) is 0 Å². The minimum absolute atomic E-state index is 0.627. The van der Waals surface area contributed by atoms with Crippen molar-refractivity contribution in [3.05, 3.63) is 30.7 Å². The van der Waals surface area contributed by atoms with E-state index in [1.54, 1.807) is 6.20 Å². The molecule has 0 saturated heterocycles. The maximum atomic E-state index is 5.16. The molecule has 0 radical (unpaired) electrons. The molecule has 0 aliphatic carbocycles. The molecule has 2 rings (SSSR count). The van der Waals surface area contributed by atoms with E-state index in [4.69, 9.17) is 4.42 Å². The van der Waals surface area contributed by atoms with Crippen LogP contribution in [0, 0.1) is 0 Å². The van der Waals surface area contributed by atoms with E-state index in [0.717, 1.165) is 37.6 Å². The van der Waals surface area contributed by atoms with Gasteiger partial charge in [-0.15, -0.1) is 0 Å². The number of likely N-dealkylation sites (N-methyl/N-ethyl adjacent to an activating group) is 1. The van der Waals surface area contributed by atoms with Gasteiger partial charge < -0.3 is 14.6 Å². The predicted molar refractivity (Wildman–Crippen MR) is 73.8 cm³/mol. The van der Waals surface area contributed by atoms with E-state index in [9.17, 15) is 0 Å². The Hall–Kier alpha value is -1.82. The van der Waals surface area contributed by atoms with Crippen LogP contribution in [0.15, 0.2) is 29.4 Å². The number of nitrogens with one attached hydrogen (secondary N) is 1. The maximum Gasteiger partial charge on any atom is 0.180 e. The van der Waals surface area contributed by atoms with E-state index in [2.05, 4.69) is 34.1 Å². The average molecular weight is 263 g/mol. The summed E-state index contributed by atoms with van der Waals surface area (Å²) in [5, 5.41) is 7.59. The zero-order chi connectivity index (χ0) is 13.5. The normalized spacial score (nSPS) is 11.1. The predicted octanol–water partition coefficient (Wildman–Crippen LogP) is 1.82. The fourth-order valence-corrected chi connectivity index (χ4v) is 1.88. The summed E-state index contributed by atoms with van der Waals surface area (Å²) in [6.45, 7) is 9.07. The van der Waals surface area contributed by atoms with E-state index in [0.29, 0.717) is 6.54 Å². The van der Waals surface area contributed by atoms with Gasteiger partial charge in [-0.1, -0.05) is 13.8 Å². The monoisotopic (exact) mass is 263 g/mol. The van der Waals surface area contributed by atoms with Gasteiger partial charge in [-0.05, 0) is 13.1 Å². The Morgan fingerprint density at radius 3 is 2.84 bits per heavy atom. The standard InChI is InChI=1S/C13H21N5O/c1-3-17(4-2)5-6-18-10-12(7-16-18)15-9-13-8-14-11-19-13/h7-8,10-11,15H,3-6,9H2,1-2H3. The van der Waals surface area contributed by atoms with Gasteiger partial charge in [0.05, 0.1) is 31.2 Å². The first-order valence-electron chi connectivity index (χ1n) is 6.67. The van der Waals surface area contributed by atoms with Gasteiger partial charge in [-0.3, -0.25) is 4.68 Å². The zero-order valence-corrected chi connectivity index (χ0v) is 11.5. The topological polar surface area (TPSA) is 59.1 Å². The molecule has 1 N–H and O–H groups in total. The molecular formula is C13H21N5O. The van der Waals surface area contributed by atoms with Gasteiger partial charge in [0.1, 0.15) is 5.76 Å². The third-order valence-corrected chi connectivity index (χ3v) is 3.12. The Labute approximate surface area is 113 Å². The summed E-state index contributed by atoms with van der Waals surface area (Å²) in [7, 11) is 0. The van der Waals surface area contributed by atoms with Crippen molar-refractivity contribution in [3.63, 3.8) is 0 Å². The second-order valence-corrected chi connectivity index (χ2v) is 4.34. The quantitative estimate of drug-likeness (QED) is 0.787. The van der Waals surface area contributed by atoms with Crippen LogP contribution < -0.4 is 5.32 Å². The highest BCUT2D eigenvalue weighted by Crippen LogP contribution is 2.07. The second kappa shape index (κ2) is 6.94. The van der Waals surface area contributed by atoms with Crippen molar-refractivity contribution in [1.82, 2.24) is 19.7 Å². The summed E-state index contributed by atoms with van der Waals surface area (Å²) in [6, 6.07) is 0. The molecule has 6 heteroatoms. The number of nitrogens with zero attached hydrogens (tertiary/aromatic N) is 4. The van der Waals surface area contributed by atoms with Gasteiger partial charge in [-0.2, -0.15) is 5.10 Å². The summed E-state index contributed by atoms with van der Waals surface area (Å²) in [5.74, 6) is 0.816. The van der Waals surface area contributed by atoms with Crippen LogP contribution in [0.3, 0.4) is 0 Å². The average Bonchev–Trinajstić information content (AvgIpc) is 3.09. The van der Waals surface area contributed by atoms with Gasteiger partial charge >= 0.3 is 0 Å². The first-order chi connectivity index (χ1) is 9.31. The fourth-order valence-electron chi connectivity index (χ4n) is 1.88. The number of rotatable bonds is 8. The van der Waals surface area contributed by atoms with Crippen LogP contribution in [0.4, 0.5) is 5.69 Å². The molecule has 6 nitrogen and oxygen atoms in total. The molecule has 0 aromatic carbocycles. The van der Waals surface area contributed by atoms with Gasteiger partial charge in [0.25, 0.3) is 0 Å². The third-order valence-electron chi connectivity index (χ3n) is 3.12. The van der Waals surface area contributed by atoms with Crippen molar-refractivity contribution in [2.75, 3.05) is 25.0 Å². The SMILES string of the molecule is CCN(CC)CCn1cc(NCc2cnco2)cn1. The molecular weight excluding hydrogens is 242 g/mol. The lowest BCUT2D eigenvalue weighted by Gasteiger charge is -2.17. The molecule has 0 unspecified atom stereocenters. The van der Waals surface area contributed by atoms with Crippen molar-refractivity contribution < 1.29 is 4.42 Å². The van der Waals surface area contributed by atoms with E-state index in [1.807, 2.05) is 17.1 Å².